The van der Waals surface area contributed by atoms with Crippen LogP contribution in [0.5, 0.6) is 5.75 Å². The zero-order valence-electron chi connectivity index (χ0n) is 10.2. The highest BCUT2D eigenvalue weighted by molar-refractivity contribution is 5.70. The first-order chi connectivity index (χ1) is 8.72. The first kappa shape index (κ1) is 11.5. The summed E-state index contributed by atoms with van der Waals surface area (Å²) in [5.41, 5.74) is 1.26. The van der Waals surface area contributed by atoms with E-state index in [2.05, 4.69) is 11.0 Å². The second kappa shape index (κ2) is 4.61. The third kappa shape index (κ3) is 2.20. The van der Waals surface area contributed by atoms with E-state index < -0.39 is 5.97 Å². The Labute approximate surface area is 106 Å². The number of benzene rings is 1. The molecule has 0 saturated carbocycles. The SMILES string of the molecule is O=C(O)C1CCN(CC2Cc3ccccc3O2)C1. The first-order valence-corrected chi connectivity index (χ1v) is 6.42. The van der Waals surface area contributed by atoms with Crippen molar-refractivity contribution in [1.82, 2.24) is 4.90 Å². The smallest absolute Gasteiger partial charge is 0.307 e. The molecule has 1 aromatic rings. The fourth-order valence-corrected chi connectivity index (χ4v) is 2.84. The van der Waals surface area contributed by atoms with Crippen LogP contribution in [0.1, 0.15) is 12.0 Å². The van der Waals surface area contributed by atoms with E-state index in [-0.39, 0.29) is 12.0 Å². The largest absolute Gasteiger partial charge is 0.488 e. The van der Waals surface area contributed by atoms with Crippen LogP contribution in [-0.2, 0) is 11.2 Å². The fraction of sp³-hybridized carbons (Fsp3) is 0.500. The van der Waals surface area contributed by atoms with Crippen LogP contribution in [-0.4, -0.2) is 41.7 Å². The Morgan fingerprint density at radius 2 is 2.28 bits per heavy atom. The number of carbonyl (C=O) groups is 1. The molecule has 2 aliphatic rings. The average molecular weight is 247 g/mol. The molecule has 3 rings (SSSR count). The Hall–Kier alpha value is -1.55. The van der Waals surface area contributed by atoms with Crippen LogP contribution in [0.2, 0.25) is 0 Å². The molecule has 18 heavy (non-hydrogen) atoms. The van der Waals surface area contributed by atoms with Crippen molar-refractivity contribution < 1.29 is 14.6 Å². The zero-order chi connectivity index (χ0) is 12.5. The number of fused-ring (bicyclic) bond motifs is 1. The minimum Gasteiger partial charge on any atom is -0.488 e. The minimum absolute atomic E-state index is 0.176. The van der Waals surface area contributed by atoms with Gasteiger partial charge in [0.1, 0.15) is 11.9 Å². The number of nitrogens with zero attached hydrogens (tertiary/aromatic N) is 1. The lowest BCUT2D eigenvalue weighted by molar-refractivity contribution is -0.141. The Balaban J connectivity index is 1.56. The second-order valence-corrected chi connectivity index (χ2v) is 5.14. The molecule has 96 valence electrons. The first-order valence-electron chi connectivity index (χ1n) is 6.42. The molecule has 2 heterocycles. The predicted octanol–water partition coefficient (Wildman–Crippen LogP) is 1.40. The van der Waals surface area contributed by atoms with Crippen molar-refractivity contribution in [3.8, 4) is 5.75 Å². The molecule has 2 unspecified atom stereocenters. The van der Waals surface area contributed by atoms with Gasteiger partial charge < -0.3 is 9.84 Å². The average Bonchev–Trinajstić information content (AvgIpc) is 2.94. The van der Waals surface area contributed by atoms with E-state index in [4.69, 9.17) is 9.84 Å². The predicted molar refractivity (Wildman–Crippen MR) is 66.7 cm³/mol. The third-order valence-electron chi connectivity index (χ3n) is 3.80. The summed E-state index contributed by atoms with van der Waals surface area (Å²) < 4.78 is 5.88. The van der Waals surface area contributed by atoms with Crippen molar-refractivity contribution in [2.24, 2.45) is 5.92 Å². The van der Waals surface area contributed by atoms with Crippen LogP contribution in [0.4, 0.5) is 0 Å². The number of aliphatic carboxylic acids is 1. The maximum Gasteiger partial charge on any atom is 0.307 e. The van der Waals surface area contributed by atoms with Crippen LogP contribution >= 0.6 is 0 Å². The molecule has 1 saturated heterocycles. The van der Waals surface area contributed by atoms with Gasteiger partial charge in [0.15, 0.2) is 0 Å². The van der Waals surface area contributed by atoms with Gasteiger partial charge in [-0.3, -0.25) is 9.69 Å². The van der Waals surface area contributed by atoms with Crippen molar-refractivity contribution >= 4 is 5.97 Å². The van der Waals surface area contributed by atoms with E-state index in [0.717, 1.165) is 31.7 Å². The van der Waals surface area contributed by atoms with Gasteiger partial charge in [0.05, 0.1) is 5.92 Å². The number of hydrogen-bond donors (Lipinski definition) is 1. The number of para-hydroxylation sites is 1. The number of hydrogen-bond acceptors (Lipinski definition) is 3. The molecule has 0 amide bonds. The third-order valence-corrected chi connectivity index (χ3v) is 3.80. The van der Waals surface area contributed by atoms with E-state index in [9.17, 15) is 4.79 Å². The summed E-state index contributed by atoms with van der Waals surface area (Å²) in [6.07, 6.45) is 1.87. The lowest BCUT2D eigenvalue weighted by Gasteiger charge is -2.19. The van der Waals surface area contributed by atoms with Crippen molar-refractivity contribution in [2.45, 2.75) is 18.9 Å². The topological polar surface area (TPSA) is 49.8 Å². The summed E-state index contributed by atoms with van der Waals surface area (Å²) in [5, 5.41) is 8.98. The molecule has 0 bridgehead atoms. The molecular formula is C14H17NO3. The summed E-state index contributed by atoms with van der Waals surface area (Å²) in [6.45, 7) is 2.36. The van der Waals surface area contributed by atoms with Crippen molar-refractivity contribution in [2.75, 3.05) is 19.6 Å². The van der Waals surface area contributed by atoms with Crippen LogP contribution in [0.3, 0.4) is 0 Å². The lowest BCUT2D eigenvalue weighted by atomic mass is 10.1. The van der Waals surface area contributed by atoms with Crippen LogP contribution in [0.25, 0.3) is 0 Å². The maximum atomic E-state index is 10.9. The molecule has 2 aliphatic heterocycles. The van der Waals surface area contributed by atoms with Gasteiger partial charge in [-0.15, -0.1) is 0 Å². The lowest BCUT2D eigenvalue weighted by Crippen LogP contribution is -2.33. The van der Waals surface area contributed by atoms with Crippen molar-refractivity contribution in [1.29, 1.82) is 0 Å². The monoisotopic (exact) mass is 247 g/mol. The molecule has 0 aromatic heterocycles. The summed E-state index contributed by atoms with van der Waals surface area (Å²) >= 11 is 0. The zero-order valence-corrected chi connectivity index (χ0v) is 10.2. The van der Waals surface area contributed by atoms with E-state index in [1.165, 1.54) is 5.56 Å². The van der Waals surface area contributed by atoms with Gasteiger partial charge in [-0.25, -0.2) is 0 Å². The fourth-order valence-electron chi connectivity index (χ4n) is 2.84. The van der Waals surface area contributed by atoms with Gasteiger partial charge in [0, 0.05) is 19.5 Å². The molecule has 4 heteroatoms. The Morgan fingerprint density at radius 1 is 1.44 bits per heavy atom. The molecule has 4 nitrogen and oxygen atoms in total. The van der Waals surface area contributed by atoms with Gasteiger partial charge >= 0.3 is 5.97 Å². The van der Waals surface area contributed by atoms with Gasteiger partial charge in [-0.05, 0) is 24.6 Å². The van der Waals surface area contributed by atoms with E-state index in [1.807, 2.05) is 18.2 Å². The molecule has 1 N–H and O–H groups in total. The molecule has 1 fully saturated rings. The van der Waals surface area contributed by atoms with Crippen LogP contribution in [0.15, 0.2) is 24.3 Å². The van der Waals surface area contributed by atoms with Gasteiger partial charge in [0.2, 0.25) is 0 Å². The summed E-state index contributed by atoms with van der Waals surface area (Å²) in [6, 6.07) is 8.11. The van der Waals surface area contributed by atoms with Crippen molar-refractivity contribution in [3.63, 3.8) is 0 Å². The highest BCUT2D eigenvalue weighted by Crippen LogP contribution is 2.29. The van der Waals surface area contributed by atoms with Crippen molar-refractivity contribution in [3.05, 3.63) is 29.8 Å². The van der Waals surface area contributed by atoms with Gasteiger partial charge in [-0.2, -0.15) is 0 Å². The standard InChI is InChI=1S/C14H17NO3/c16-14(17)11-5-6-15(8-11)9-12-7-10-3-1-2-4-13(10)18-12/h1-4,11-12H,5-9H2,(H,16,17). The molecule has 2 atom stereocenters. The quantitative estimate of drug-likeness (QED) is 0.877. The van der Waals surface area contributed by atoms with Crippen LogP contribution < -0.4 is 4.74 Å². The van der Waals surface area contributed by atoms with Gasteiger partial charge in [0.25, 0.3) is 0 Å². The minimum atomic E-state index is -0.673. The Morgan fingerprint density at radius 3 is 3.00 bits per heavy atom. The molecule has 0 aliphatic carbocycles. The Bertz CT molecular complexity index is 435. The highest BCUT2D eigenvalue weighted by Gasteiger charge is 2.31. The number of ether oxygens (including phenoxy) is 1. The molecule has 0 radical (unpaired) electrons. The van der Waals surface area contributed by atoms with E-state index in [0.29, 0.717) is 6.54 Å². The van der Waals surface area contributed by atoms with Crippen LogP contribution in [0, 0.1) is 5.92 Å². The number of carboxylic acid groups (broad SMARTS) is 1. The summed E-state index contributed by atoms with van der Waals surface area (Å²) in [7, 11) is 0. The molecule has 0 spiro atoms. The van der Waals surface area contributed by atoms with E-state index >= 15 is 0 Å². The molecule has 1 aromatic carbocycles. The Kier molecular flexibility index (Phi) is 2.96. The normalized spacial score (nSPS) is 26.9. The summed E-state index contributed by atoms with van der Waals surface area (Å²) in [5.74, 6) is 0.110. The second-order valence-electron chi connectivity index (χ2n) is 5.14. The number of rotatable bonds is 3. The van der Waals surface area contributed by atoms with E-state index in [1.54, 1.807) is 0 Å². The number of carboxylic acids is 1. The maximum absolute atomic E-state index is 10.9. The van der Waals surface area contributed by atoms with Gasteiger partial charge in [-0.1, -0.05) is 18.2 Å². The summed E-state index contributed by atoms with van der Waals surface area (Å²) in [4.78, 5) is 13.1. The molecular weight excluding hydrogens is 230 g/mol. The number of likely N-dealkylation sites (tertiary alicyclic amines) is 1. The highest BCUT2D eigenvalue weighted by atomic mass is 16.5.